The molecule has 2 aromatic rings. The minimum atomic E-state index is 0.518. The van der Waals surface area contributed by atoms with Crippen molar-refractivity contribution in [2.45, 2.75) is 13.1 Å². The third-order valence-corrected chi connectivity index (χ3v) is 5.19. The van der Waals surface area contributed by atoms with Crippen LogP contribution in [0.2, 0.25) is 15.1 Å². The molecule has 0 saturated heterocycles. The first-order valence-electron chi connectivity index (χ1n) is 5.15. The summed E-state index contributed by atoms with van der Waals surface area (Å²) in [4.78, 5) is 1.25. The van der Waals surface area contributed by atoms with Crippen LogP contribution in [0.1, 0.15) is 10.4 Å². The lowest BCUT2D eigenvalue weighted by Crippen LogP contribution is -2.12. The number of halogens is 4. The number of hydrogen-bond acceptors (Lipinski definition) is 2. The molecule has 1 aromatic heterocycles. The first-order valence-corrected chi connectivity index (χ1v) is 7.89. The summed E-state index contributed by atoms with van der Waals surface area (Å²) in [6.07, 6.45) is 0. The molecule has 1 aromatic carbocycles. The second-order valence-electron chi connectivity index (χ2n) is 3.63. The summed E-state index contributed by atoms with van der Waals surface area (Å²) in [7, 11) is 0. The van der Waals surface area contributed by atoms with Crippen LogP contribution in [0.5, 0.6) is 0 Å². The van der Waals surface area contributed by atoms with E-state index in [4.69, 9.17) is 34.8 Å². The Morgan fingerprint density at radius 1 is 1.00 bits per heavy atom. The molecule has 0 atom stereocenters. The van der Waals surface area contributed by atoms with Crippen molar-refractivity contribution in [1.29, 1.82) is 0 Å². The topological polar surface area (TPSA) is 12.0 Å². The quantitative estimate of drug-likeness (QED) is 0.660. The van der Waals surface area contributed by atoms with Gasteiger partial charge in [-0.3, -0.25) is 0 Å². The maximum Gasteiger partial charge on any atom is 0.0701 e. The molecule has 96 valence electrons. The Balaban J connectivity index is 2.00. The van der Waals surface area contributed by atoms with Crippen LogP contribution in [0.15, 0.2) is 28.1 Å². The van der Waals surface area contributed by atoms with E-state index in [0.717, 1.165) is 15.9 Å². The zero-order valence-electron chi connectivity index (χ0n) is 9.14. The van der Waals surface area contributed by atoms with Crippen LogP contribution in [0, 0.1) is 0 Å². The molecule has 0 aliphatic rings. The summed E-state index contributed by atoms with van der Waals surface area (Å²) in [6, 6.07) is 7.56. The third-order valence-electron chi connectivity index (χ3n) is 2.37. The van der Waals surface area contributed by atoms with E-state index in [1.807, 2.05) is 6.07 Å². The predicted molar refractivity (Wildman–Crippen MR) is 84.0 cm³/mol. The van der Waals surface area contributed by atoms with Crippen LogP contribution >= 0.6 is 62.1 Å². The maximum atomic E-state index is 6.12. The molecule has 2 rings (SSSR count). The van der Waals surface area contributed by atoms with E-state index >= 15 is 0 Å². The molecular weight excluding hydrogens is 376 g/mol. The van der Waals surface area contributed by atoms with E-state index in [-0.39, 0.29) is 0 Å². The normalized spacial score (nSPS) is 10.9. The van der Waals surface area contributed by atoms with E-state index < -0.39 is 0 Å². The van der Waals surface area contributed by atoms with Crippen LogP contribution in [-0.2, 0) is 13.1 Å². The number of benzene rings is 1. The summed E-state index contributed by atoms with van der Waals surface area (Å²) in [5.74, 6) is 0. The van der Waals surface area contributed by atoms with Crippen molar-refractivity contribution in [3.05, 3.63) is 53.6 Å². The van der Waals surface area contributed by atoms with Crippen LogP contribution in [0.4, 0.5) is 0 Å². The Morgan fingerprint density at radius 2 is 1.72 bits per heavy atom. The molecule has 0 fully saturated rings. The first kappa shape index (κ1) is 14.6. The molecule has 0 amide bonds. The molecule has 0 spiro atoms. The standard InChI is InChI=1S/C12H9BrCl3NS/c13-11-4-1-7(18-11)5-17-6-8-9(14)2-3-10(15)12(8)16/h1-4,17H,5-6H2. The number of thiophene rings is 1. The third kappa shape index (κ3) is 3.62. The fraction of sp³-hybridized carbons (Fsp3) is 0.167. The maximum absolute atomic E-state index is 6.12. The highest BCUT2D eigenvalue weighted by Crippen LogP contribution is 2.31. The van der Waals surface area contributed by atoms with Crippen molar-refractivity contribution in [1.82, 2.24) is 5.32 Å². The molecule has 0 unspecified atom stereocenters. The SMILES string of the molecule is Clc1ccc(Cl)c(CNCc2ccc(Br)s2)c1Cl. The molecule has 1 N–H and O–H groups in total. The van der Waals surface area contributed by atoms with Crippen molar-refractivity contribution in [2.75, 3.05) is 0 Å². The van der Waals surface area contributed by atoms with Crippen LogP contribution < -0.4 is 5.32 Å². The Kier molecular flexibility index (Phi) is 5.36. The summed E-state index contributed by atoms with van der Waals surface area (Å²) >= 11 is 23.3. The van der Waals surface area contributed by atoms with Gasteiger partial charge in [0.15, 0.2) is 0 Å². The monoisotopic (exact) mass is 383 g/mol. The number of nitrogens with one attached hydrogen (secondary N) is 1. The van der Waals surface area contributed by atoms with Gasteiger partial charge in [0.2, 0.25) is 0 Å². The minimum Gasteiger partial charge on any atom is -0.308 e. The second kappa shape index (κ2) is 6.60. The van der Waals surface area contributed by atoms with Crippen molar-refractivity contribution in [2.24, 2.45) is 0 Å². The highest BCUT2D eigenvalue weighted by molar-refractivity contribution is 9.11. The zero-order chi connectivity index (χ0) is 13.1. The highest BCUT2D eigenvalue weighted by atomic mass is 79.9. The summed E-state index contributed by atoms with van der Waals surface area (Å²) in [6.45, 7) is 1.36. The predicted octanol–water partition coefficient (Wildman–Crippen LogP) is 5.76. The molecular formula is C12H9BrCl3NS. The van der Waals surface area contributed by atoms with Crippen molar-refractivity contribution in [3.63, 3.8) is 0 Å². The molecule has 6 heteroatoms. The molecule has 18 heavy (non-hydrogen) atoms. The van der Waals surface area contributed by atoms with Gasteiger partial charge in [-0.1, -0.05) is 34.8 Å². The van der Waals surface area contributed by atoms with Crippen LogP contribution in [-0.4, -0.2) is 0 Å². The van der Waals surface area contributed by atoms with Gasteiger partial charge in [0, 0.05) is 28.6 Å². The van der Waals surface area contributed by atoms with Gasteiger partial charge in [0.25, 0.3) is 0 Å². The molecule has 0 radical (unpaired) electrons. The molecule has 0 saturated carbocycles. The Hall–Kier alpha value is 0.230. The van der Waals surface area contributed by atoms with Gasteiger partial charge in [0.1, 0.15) is 0 Å². The largest absolute Gasteiger partial charge is 0.308 e. The molecule has 1 nitrogen and oxygen atoms in total. The number of rotatable bonds is 4. The van der Waals surface area contributed by atoms with Crippen molar-refractivity contribution in [3.8, 4) is 0 Å². The van der Waals surface area contributed by atoms with Gasteiger partial charge in [-0.15, -0.1) is 11.3 Å². The van der Waals surface area contributed by atoms with E-state index in [2.05, 4.69) is 27.3 Å². The highest BCUT2D eigenvalue weighted by Gasteiger charge is 2.09. The minimum absolute atomic E-state index is 0.518. The average molecular weight is 386 g/mol. The molecule has 0 aliphatic carbocycles. The average Bonchev–Trinajstić information content (AvgIpc) is 2.74. The smallest absolute Gasteiger partial charge is 0.0701 e. The zero-order valence-corrected chi connectivity index (χ0v) is 13.8. The van der Waals surface area contributed by atoms with E-state index in [1.165, 1.54) is 4.88 Å². The summed E-state index contributed by atoms with van der Waals surface area (Å²) in [5.41, 5.74) is 0.835. The van der Waals surface area contributed by atoms with Gasteiger partial charge < -0.3 is 5.32 Å². The van der Waals surface area contributed by atoms with Crippen LogP contribution in [0.3, 0.4) is 0 Å². The van der Waals surface area contributed by atoms with E-state index in [0.29, 0.717) is 21.6 Å². The van der Waals surface area contributed by atoms with Gasteiger partial charge >= 0.3 is 0 Å². The molecule has 0 bridgehead atoms. The number of hydrogen-bond donors (Lipinski definition) is 1. The van der Waals surface area contributed by atoms with Crippen molar-refractivity contribution >= 4 is 62.1 Å². The van der Waals surface area contributed by atoms with E-state index in [9.17, 15) is 0 Å². The lowest BCUT2D eigenvalue weighted by atomic mass is 10.2. The molecule has 1 heterocycles. The Morgan fingerprint density at radius 3 is 2.39 bits per heavy atom. The summed E-state index contributed by atoms with van der Waals surface area (Å²) in [5, 5.41) is 4.97. The molecule has 0 aliphatic heterocycles. The van der Waals surface area contributed by atoms with Gasteiger partial charge in [-0.05, 0) is 40.2 Å². The first-order chi connectivity index (χ1) is 8.58. The Labute approximate surface area is 133 Å². The van der Waals surface area contributed by atoms with Gasteiger partial charge in [0.05, 0.1) is 13.8 Å². The fourth-order valence-electron chi connectivity index (χ4n) is 1.49. The fourth-order valence-corrected chi connectivity index (χ4v) is 3.62. The lowest BCUT2D eigenvalue weighted by Gasteiger charge is -2.09. The van der Waals surface area contributed by atoms with Crippen molar-refractivity contribution < 1.29 is 0 Å². The summed E-state index contributed by atoms with van der Waals surface area (Å²) < 4.78 is 1.12. The Bertz CT molecular complexity index is 556. The lowest BCUT2D eigenvalue weighted by molar-refractivity contribution is 0.701. The van der Waals surface area contributed by atoms with Gasteiger partial charge in [-0.2, -0.15) is 0 Å². The van der Waals surface area contributed by atoms with E-state index in [1.54, 1.807) is 23.5 Å². The van der Waals surface area contributed by atoms with Gasteiger partial charge in [-0.25, -0.2) is 0 Å². The second-order valence-corrected chi connectivity index (χ2v) is 7.37. The van der Waals surface area contributed by atoms with Crippen LogP contribution in [0.25, 0.3) is 0 Å².